The Labute approximate surface area is 151 Å². The van der Waals surface area contributed by atoms with Crippen molar-refractivity contribution in [3.8, 4) is 0 Å². The molecule has 0 atom stereocenters. The molecule has 0 aliphatic carbocycles. The predicted molar refractivity (Wildman–Crippen MR) is 94.6 cm³/mol. The van der Waals surface area contributed by atoms with E-state index in [0.29, 0.717) is 19.6 Å². The maximum atomic E-state index is 12.3. The van der Waals surface area contributed by atoms with Crippen LogP contribution in [0.5, 0.6) is 0 Å². The summed E-state index contributed by atoms with van der Waals surface area (Å²) in [5.41, 5.74) is 0.816. The molecule has 4 heterocycles. The van der Waals surface area contributed by atoms with Crippen molar-refractivity contribution < 1.29 is 9.59 Å². The topological polar surface area (TPSA) is 61.7 Å². The summed E-state index contributed by atoms with van der Waals surface area (Å²) in [7, 11) is 1.80. The minimum Gasteiger partial charge on any atom is -0.334 e. The predicted octanol–water partition coefficient (Wildman–Crippen LogP) is 2.28. The number of likely N-dealkylation sites (tertiary alicyclic amines) is 1. The summed E-state index contributed by atoms with van der Waals surface area (Å²) in [5, 5.41) is 4.37. The van der Waals surface area contributed by atoms with Gasteiger partial charge in [-0.05, 0) is 28.1 Å². The van der Waals surface area contributed by atoms with Crippen molar-refractivity contribution in [1.82, 2.24) is 19.6 Å². The van der Waals surface area contributed by atoms with Crippen LogP contribution in [-0.2, 0) is 0 Å². The second-order valence-electron chi connectivity index (χ2n) is 6.00. The molecule has 7 nitrogen and oxygen atoms in total. The summed E-state index contributed by atoms with van der Waals surface area (Å²) in [6.07, 6.45) is 3.61. The Bertz CT molecular complexity index is 797. The average Bonchev–Trinajstić information content (AvgIpc) is 3.21. The maximum absolute atomic E-state index is 12.3. The molecule has 0 radical (unpaired) electrons. The van der Waals surface area contributed by atoms with Crippen LogP contribution in [0.25, 0.3) is 0 Å². The van der Waals surface area contributed by atoms with Gasteiger partial charge in [0.2, 0.25) is 0 Å². The molecule has 0 bridgehead atoms. The number of carbonyl (C=O) groups excluding carboxylic acids is 2. The molecular weight excluding hydrogens is 394 g/mol. The molecule has 9 heteroatoms. The number of thiophene rings is 1. The molecule has 2 aromatic heterocycles. The van der Waals surface area contributed by atoms with Gasteiger partial charge in [-0.2, -0.15) is 5.10 Å². The molecule has 0 unspecified atom stereocenters. The molecule has 0 N–H and O–H groups in total. The van der Waals surface area contributed by atoms with Gasteiger partial charge in [0.15, 0.2) is 0 Å². The van der Waals surface area contributed by atoms with Gasteiger partial charge in [0.05, 0.1) is 26.6 Å². The van der Waals surface area contributed by atoms with E-state index in [0.717, 1.165) is 20.9 Å². The van der Waals surface area contributed by atoms with Crippen LogP contribution in [0, 0.1) is 0 Å². The lowest BCUT2D eigenvalue weighted by molar-refractivity contribution is 0.0506. The smallest absolute Gasteiger partial charge is 0.324 e. The zero-order chi connectivity index (χ0) is 16.8. The molecule has 2 aliphatic rings. The van der Waals surface area contributed by atoms with E-state index in [1.807, 2.05) is 27.9 Å². The highest BCUT2D eigenvalue weighted by Gasteiger charge is 2.34. The molecule has 2 fully saturated rings. The molecule has 24 heavy (non-hydrogen) atoms. The standard InChI is InChI=1S/C15H16BrN5O2S/c1-18-4-5-20(15(18)23)10-6-17-21(9-10)11-7-19(8-11)14(22)12-2-3-13(16)24-12/h2-3,6,9,11H,4-5,7-8H2,1H3. The van der Waals surface area contributed by atoms with Gasteiger partial charge in [0.25, 0.3) is 5.91 Å². The van der Waals surface area contributed by atoms with Gasteiger partial charge in [-0.1, -0.05) is 0 Å². The monoisotopic (exact) mass is 409 g/mol. The Morgan fingerprint density at radius 3 is 2.75 bits per heavy atom. The minimum absolute atomic E-state index is 0.00300. The summed E-state index contributed by atoms with van der Waals surface area (Å²) in [6.45, 7) is 2.70. The SMILES string of the molecule is CN1CCN(c2cnn(C3CN(C(=O)c4ccc(Br)s4)C3)c2)C1=O. The zero-order valence-electron chi connectivity index (χ0n) is 13.1. The first-order valence-electron chi connectivity index (χ1n) is 7.64. The Balaban J connectivity index is 1.39. The summed E-state index contributed by atoms with van der Waals surface area (Å²) < 4.78 is 2.81. The number of anilines is 1. The number of hydrogen-bond acceptors (Lipinski definition) is 4. The van der Waals surface area contributed by atoms with E-state index in [2.05, 4.69) is 21.0 Å². The number of amides is 3. The molecule has 2 saturated heterocycles. The van der Waals surface area contributed by atoms with Crippen molar-refractivity contribution >= 4 is 44.9 Å². The largest absolute Gasteiger partial charge is 0.334 e. The van der Waals surface area contributed by atoms with Crippen LogP contribution in [0.4, 0.5) is 10.5 Å². The van der Waals surface area contributed by atoms with Crippen LogP contribution in [-0.4, -0.2) is 64.7 Å². The third kappa shape index (κ3) is 2.61. The van der Waals surface area contributed by atoms with Gasteiger partial charge in [-0.3, -0.25) is 14.4 Å². The first-order chi connectivity index (χ1) is 11.5. The molecule has 126 valence electrons. The fourth-order valence-electron chi connectivity index (χ4n) is 2.93. The van der Waals surface area contributed by atoms with E-state index in [9.17, 15) is 9.59 Å². The van der Waals surface area contributed by atoms with Crippen LogP contribution < -0.4 is 4.90 Å². The highest BCUT2D eigenvalue weighted by atomic mass is 79.9. The van der Waals surface area contributed by atoms with Gasteiger partial charge in [0, 0.05) is 39.4 Å². The van der Waals surface area contributed by atoms with E-state index >= 15 is 0 Å². The molecule has 0 spiro atoms. The van der Waals surface area contributed by atoms with Crippen molar-refractivity contribution in [1.29, 1.82) is 0 Å². The summed E-state index contributed by atoms with van der Waals surface area (Å²) in [4.78, 5) is 30.4. The molecule has 2 aliphatic heterocycles. The van der Waals surface area contributed by atoms with E-state index < -0.39 is 0 Å². The molecule has 4 rings (SSSR count). The lowest BCUT2D eigenvalue weighted by Crippen LogP contribution is -2.50. The quantitative estimate of drug-likeness (QED) is 0.780. The Morgan fingerprint density at radius 1 is 1.33 bits per heavy atom. The van der Waals surface area contributed by atoms with Crippen LogP contribution in [0.15, 0.2) is 28.3 Å². The van der Waals surface area contributed by atoms with Gasteiger partial charge < -0.3 is 9.80 Å². The fourth-order valence-corrected chi connectivity index (χ4v) is 4.28. The zero-order valence-corrected chi connectivity index (χ0v) is 15.5. The second-order valence-corrected chi connectivity index (χ2v) is 8.47. The van der Waals surface area contributed by atoms with Gasteiger partial charge >= 0.3 is 6.03 Å². The average molecular weight is 410 g/mol. The fraction of sp³-hybridized carbons (Fsp3) is 0.400. The molecular formula is C15H16BrN5O2S. The molecule has 0 saturated carbocycles. The van der Waals surface area contributed by atoms with Crippen LogP contribution in [0.3, 0.4) is 0 Å². The van der Waals surface area contributed by atoms with Crippen LogP contribution in [0.2, 0.25) is 0 Å². The van der Waals surface area contributed by atoms with E-state index in [1.165, 1.54) is 11.3 Å². The van der Waals surface area contributed by atoms with Gasteiger partial charge in [-0.25, -0.2) is 4.79 Å². The van der Waals surface area contributed by atoms with E-state index in [4.69, 9.17) is 0 Å². The lowest BCUT2D eigenvalue weighted by Gasteiger charge is -2.38. The second kappa shape index (κ2) is 5.89. The number of halogens is 1. The third-order valence-electron chi connectivity index (χ3n) is 4.42. The van der Waals surface area contributed by atoms with E-state index in [1.54, 1.807) is 23.0 Å². The van der Waals surface area contributed by atoms with Crippen molar-refractivity contribution in [2.24, 2.45) is 0 Å². The van der Waals surface area contributed by atoms with E-state index in [-0.39, 0.29) is 18.0 Å². The first-order valence-corrected chi connectivity index (χ1v) is 9.25. The van der Waals surface area contributed by atoms with Crippen LogP contribution >= 0.6 is 27.3 Å². The normalized spacial score (nSPS) is 18.4. The molecule has 0 aromatic carbocycles. The van der Waals surface area contributed by atoms with Crippen molar-refractivity contribution in [3.63, 3.8) is 0 Å². The van der Waals surface area contributed by atoms with Crippen molar-refractivity contribution in [3.05, 3.63) is 33.2 Å². The summed E-state index contributed by atoms with van der Waals surface area (Å²) >= 11 is 4.83. The number of nitrogens with zero attached hydrogens (tertiary/aromatic N) is 5. The minimum atomic E-state index is 0.00300. The highest BCUT2D eigenvalue weighted by molar-refractivity contribution is 9.11. The summed E-state index contributed by atoms with van der Waals surface area (Å²) in [5.74, 6) is 0.0608. The number of urea groups is 1. The summed E-state index contributed by atoms with van der Waals surface area (Å²) in [6, 6.07) is 3.90. The number of likely N-dealkylation sites (N-methyl/N-ethyl adjacent to an activating group) is 1. The van der Waals surface area contributed by atoms with Crippen molar-refractivity contribution in [2.45, 2.75) is 6.04 Å². The number of rotatable bonds is 3. The number of aromatic nitrogens is 2. The van der Waals surface area contributed by atoms with Gasteiger partial charge in [-0.15, -0.1) is 11.3 Å². The number of carbonyl (C=O) groups is 2. The van der Waals surface area contributed by atoms with Gasteiger partial charge in [0.1, 0.15) is 0 Å². The van der Waals surface area contributed by atoms with Crippen LogP contribution in [0.1, 0.15) is 15.7 Å². The number of hydrogen-bond donors (Lipinski definition) is 0. The molecule has 2 aromatic rings. The van der Waals surface area contributed by atoms with Crippen molar-refractivity contribution in [2.75, 3.05) is 38.1 Å². The first kappa shape index (κ1) is 15.6. The Kier molecular flexibility index (Phi) is 3.84. The Morgan fingerprint density at radius 2 is 2.12 bits per heavy atom. The third-order valence-corrected chi connectivity index (χ3v) is 6.04. The molecule has 3 amide bonds. The maximum Gasteiger partial charge on any atom is 0.324 e. The Hall–Kier alpha value is -1.87. The lowest BCUT2D eigenvalue weighted by atomic mass is 10.1. The highest BCUT2D eigenvalue weighted by Crippen LogP contribution is 2.29.